The SMILES string of the molecule is O=C(NCCc1ccccn1)[C@@H]1CCC[C@@H]2CCCC[C@H]21. The van der Waals surface area contributed by atoms with Crippen molar-refractivity contribution in [3.63, 3.8) is 0 Å². The summed E-state index contributed by atoms with van der Waals surface area (Å²) < 4.78 is 0. The van der Waals surface area contributed by atoms with Crippen LogP contribution in [0.1, 0.15) is 50.6 Å². The number of aromatic nitrogens is 1. The summed E-state index contributed by atoms with van der Waals surface area (Å²) in [7, 11) is 0. The Balaban J connectivity index is 1.50. The van der Waals surface area contributed by atoms with Crippen LogP contribution in [0.5, 0.6) is 0 Å². The van der Waals surface area contributed by atoms with E-state index in [0.29, 0.717) is 18.4 Å². The lowest BCUT2D eigenvalue weighted by Crippen LogP contribution is -2.41. The fourth-order valence-corrected chi connectivity index (χ4v) is 4.25. The minimum absolute atomic E-state index is 0.271. The minimum Gasteiger partial charge on any atom is -0.355 e. The van der Waals surface area contributed by atoms with Crippen LogP contribution in [-0.4, -0.2) is 17.4 Å². The van der Waals surface area contributed by atoms with Gasteiger partial charge in [0.25, 0.3) is 0 Å². The van der Waals surface area contributed by atoms with Crippen LogP contribution in [-0.2, 0) is 11.2 Å². The van der Waals surface area contributed by atoms with Gasteiger partial charge in [-0.05, 0) is 36.8 Å². The van der Waals surface area contributed by atoms with Gasteiger partial charge in [-0.2, -0.15) is 0 Å². The first-order valence-electron chi connectivity index (χ1n) is 8.52. The highest BCUT2D eigenvalue weighted by atomic mass is 16.1. The first-order valence-corrected chi connectivity index (χ1v) is 8.52. The van der Waals surface area contributed by atoms with Crippen LogP contribution in [0.3, 0.4) is 0 Å². The van der Waals surface area contributed by atoms with E-state index in [1.54, 1.807) is 0 Å². The molecule has 21 heavy (non-hydrogen) atoms. The van der Waals surface area contributed by atoms with Crippen LogP contribution in [0.2, 0.25) is 0 Å². The molecule has 1 heterocycles. The lowest BCUT2D eigenvalue weighted by molar-refractivity contribution is -0.129. The van der Waals surface area contributed by atoms with Crippen LogP contribution in [0.25, 0.3) is 0 Å². The second-order valence-electron chi connectivity index (χ2n) is 6.61. The highest BCUT2D eigenvalue weighted by molar-refractivity contribution is 5.79. The summed E-state index contributed by atoms with van der Waals surface area (Å²) in [5.41, 5.74) is 1.05. The average Bonchev–Trinajstić information content (AvgIpc) is 2.55. The van der Waals surface area contributed by atoms with Gasteiger partial charge in [0.1, 0.15) is 0 Å². The van der Waals surface area contributed by atoms with E-state index in [-0.39, 0.29) is 5.92 Å². The van der Waals surface area contributed by atoms with Gasteiger partial charge >= 0.3 is 0 Å². The molecule has 3 atom stereocenters. The van der Waals surface area contributed by atoms with Gasteiger partial charge in [0.15, 0.2) is 0 Å². The van der Waals surface area contributed by atoms with Gasteiger partial charge in [-0.1, -0.05) is 38.2 Å². The third-order valence-corrected chi connectivity index (χ3v) is 5.32. The monoisotopic (exact) mass is 286 g/mol. The van der Waals surface area contributed by atoms with Gasteiger partial charge in [0.05, 0.1) is 0 Å². The summed E-state index contributed by atoms with van der Waals surface area (Å²) in [5.74, 6) is 2.04. The summed E-state index contributed by atoms with van der Waals surface area (Å²) in [6, 6.07) is 5.94. The average molecular weight is 286 g/mol. The second-order valence-corrected chi connectivity index (χ2v) is 6.61. The number of pyridine rings is 1. The molecule has 0 aliphatic heterocycles. The molecule has 2 fully saturated rings. The molecule has 114 valence electrons. The maximum absolute atomic E-state index is 12.5. The Morgan fingerprint density at radius 1 is 1.14 bits per heavy atom. The van der Waals surface area contributed by atoms with E-state index >= 15 is 0 Å². The molecule has 2 saturated carbocycles. The molecule has 3 heteroatoms. The van der Waals surface area contributed by atoms with E-state index in [0.717, 1.165) is 24.5 Å². The maximum atomic E-state index is 12.5. The molecule has 1 amide bonds. The third kappa shape index (κ3) is 3.63. The fraction of sp³-hybridized carbons (Fsp3) is 0.667. The summed E-state index contributed by atoms with van der Waals surface area (Å²) in [6.45, 7) is 0.712. The molecule has 3 rings (SSSR count). The van der Waals surface area contributed by atoms with Crippen molar-refractivity contribution < 1.29 is 4.79 Å². The fourth-order valence-electron chi connectivity index (χ4n) is 4.25. The molecule has 2 aliphatic rings. The first kappa shape index (κ1) is 14.6. The van der Waals surface area contributed by atoms with Crippen LogP contribution < -0.4 is 5.32 Å². The molecular formula is C18H26N2O. The minimum atomic E-state index is 0.271. The van der Waals surface area contributed by atoms with Gasteiger partial charge in [-0.3, -0.25) is 9.78 Å². The lowest BCUT2D eigenvalue weighted by atomic mass is 9.65. The third-order valence-electron chi connectivity index (χ3n) is 5.32. The summed E-state index contributed by atoms with van der Waals surface area (Å²) in [4.78, 5) is 16.8. The van der Waals surface area contributed by atoms with E-state index in [2.05, 4.69) is 10.3 Å². The van der Waals surface area contributed by atoms with Crippen molar-refractivity contribution in [3.05, 3.63) is 30.1 Å². The van der Waals surface area contributed by atoms with Crippen molar-refractivity contribution in [3.8, 4) is 0 Å². The zero-order chi connectivity index (χ0) is 14.5. The molecule has 0 bridgehead atoms. The van der Waals surface area contributed by atoms with Gasteiger partial charge < -0.3 is 5.32 Å². The molecule has 2 aliphatic carbocycles. The number of nitrogens with one attached hydrogen (secondary N) is 1. The number of amides is 1. The van der Waals surface area contributed by atoms with Crippen molar-refractivity contribution >= 4 is 5.91 Å². The van der Waals surface area contributed by atoms with Crippen LogP contribution in [0.4, 0.5) is 0 Å². The van der Waals surface area contributed by atoms with E-state index in [4.69, 9.17) is 0 Å². The Labute approximate surface area is 127 Å². The van der Waals surface area contributed by atoms with E-state index < -0.39 is 0 Å². The van der Waals surface area contributed by atoms with E-state index in [1.807, 2.05) is 24.4 Å². The molecule has 3 nitrogen and oxygen atoms in total. The Kier molecular flexibility index (Phi) is 4.89. The Morgan fingerprint density at radius 3 is 2.86 bits per heavy atom. The predicted molar refractivity (Wildman–Crippen MR) is 83.7 cm³/mol. The van der Waals surface area contributed by atoms with Gasteiger partial charge in [-0.15, -0.1) is 0 Å². The number of nitrogens with zero attached hydrogens (tertiary/aromatic N) is 1. The van der Waals surface area contributed by atoms with Crippen LogP contribution >= 0.6 is 0 Å². The Morgan fingerprint density at radius 2 is 2.00 bits per heavy atom. The molecule has 1 N–H and O–H groups in total. The van der Waals surface area contributed by atoms with E-state index in [1.165, 1.54) is 38.5 Å². The maximum Gasteiger partial charge on any atom is 0.223 e. The zero-order valence-corrected chi connectivity index (χ0v) is 12.8. The number of rotatable bonds is 4. The van der Waals surface area contributed by atoms with E-state index in [9.17, 15) is 4.79 Å². The smallest absolute Gasteiger partial charge is 0.223 e. The number of hydrogen-bond donors (Lipinski definition) is 1. The second kappa shape index (κ2) is 7.06. The van der Waals surface area contributed by atoms with Crippen LogP contribution in [0.15, 0.2) is 24.4 Å². The quantitative estimate of drug-likeness (QED) is 0.922. The number of fused-ring (bicyclic) bond motifs is 1. The molecule has 0 aromatic carbocycles. The molecule has 0 unspecified atom stereocenters. The molecule has 0 spiro atoms. The predicted octanol–water partition coefficient (Wildman–Crippen LogP) is 3.35. The number of carbonyl (C=O) groups is 1. The summed E-state index contributed by atoms with van der Waals surface area (Å²) in [5, 5.41) is 3.15. The molecular weight excluding hydrogens is 260 g/mol. The van der Waals surface area contributed by atoms with Crippen molar-refractivity contribution in [2.45, 2.75) is 51.4 Å². The van der Waals surface area contributed by atoms with Gasteiger partial charge in [-0.25, -0.2) is 0 Å². The number of carbonyl (C=O) groups excluding carboxylic acids is 1. The molecule has 0 saturated heterocycles. The first-order chi connectivity index (χ1) is 10.3. The normalized spacial score (nSPS) is 28.7. The van der Waals surface area contributed by atoms with Crippen molar-refractivity contribution in [1.82, 2.24) is 10.3 Å². The largest absolute Gasteiger partial charge is 0.355 e. The highest BCUT2D eigenvalue weighted by Crippen LogP contribution is 2.43. The molecule has 0 radical (unpaired) electrons. The Bertz CT molecular complexity index is 458. The standard InChI is InChI=1S/C18H26N2O/c21-18(20-13-11-15-8-3-4-12-19-15)17-10-5-7-14-6-1-2-9-16(14)17/h3-4,8,12,14,16-17H,1-2,5-7,9-11,13H2,(H,20,21)/t14-,16+,17+/m0/s1. The van der Waals surface area contributed by atoms with Crippen molar-refractivity contribution in [2.24, 2.45) is 17.8 Å². The van der Waals surface area contributed by atoms with Crippen molar-refractivity contribution in [2.75, 3.05) is 6.54 Å². The summed E-state index contributed by atoms with van der Waals surface area (Å²) in [6.07, 6.45) is 11.6. The topological polar surface area (TPSA) is 42.0 Å². The highest BCUT2D eigenvalue weighted by Gasteiger charge is 2.38. The van der Waals surface area contributed by atoms with Gasteiger partial charge in [0.2, 0.25) is 5.91 Å². The zero-order valence-electron chi connectivity index (χ0n) is 12.8. The van der Waals surface area contributed by atoms with Crippen molar-refractivity contribution in [1.29, 1.82) is 0 Å². The Hall–Kier alpha value is -1.38. The summed E-state index contributed by atoms with van der Waals surface area (Å²) >= 11 is 0. The number of hydrogen-bond acceptors (Lipinski definition) is 2. The molecule has 1 aromatic heterocycles. The molecule has 1 aromatic rings. The van der Waals surface area contributed by atoms with Gasteiger partial charge in [0, 0.05) is 30.8 Å². The lowest BCUT2D eigenvalue weighted by Gasteiger charge is -2.40. The van der Waals surface area contributed by atoms with Crippen LogP contribution in [0, 0.1) is 17.8 Å².